The van der Waals surface area contributed by atoms with Crippen LogP contribution in [-0.4, -0.2) is 97.0 Å². The zero-order valence-corrected chi connectivity index (χ0v) is 28.8. The minimum atomic E-state index is -1.54. The fourth-order valence-corrected chi connectivity index (χ4v) is 11.9. The Morgan fingerprint density at radius 2 is 1.60 bits per heavy atom. The molecule has 0 aromatic rings. The molecule has 0 radical (unpaired) electrons. The normalized spacial score (nSPS) is 52.2. The highest BCUT2D eigenvalue weighted by atomic mass is 16.7. The van der Waals surface area contributed by atoms with E-state index >= 15 is 0 Å². The third-order valence-electron chi connectivity index (χ3n) is 14.4. The summed E-state index contributed by atoms with van der Waals surface area (Å²) in [6.45, 7) is 16.6. The Balaban J connectivity index is 1.54. The smallest absolute Gasteiger partial charge is 0.186 e. The van der Waals surface area contributed by atoms with Gasteiger partial charge in [-0.2, -0.15) is 0 Å². The van der Waals surface area contributed by atoms with Crippen LogP contribution in [0.2, 0.25) is 0 Å². The van der Waals surface area contributed by atoms with Gasteiger partial charge in [-0.3, -0.25) is 0 Å². The molecule has 4 saturated carbocycles. The van der Waals surface area contributed by atoms with Gasteiger partial charge >= 0.3 is 0 Å². The molecule has 0 unspecified atom stereocenters. The summed E-state index contributed by atoms with van der Waals surface area (Å²) in [7, 11) is 0. The first-order valence-corrected chi connectivity index (χ1v) is 17.4. The number of hydrogen-bond acceptors (Lipinski definition) is 9. The maximum Gasteiger partial charge on any atom is 0.186 e. The van der Waals surface area contributed by atoms with Crippen molar-refractivity contribution in [1.29, 1.82) is 0 Å². The second-order valence-electron chi connectivity index (χ2n) is 17.5. The molecule has 260 valence electrons. The molecule has 0 bridgehead atoms. The van der Waals surface area contributed by atoms with Crippen LogP contribution in [0.4, 0.5) is 0 Å². The Morgan fingerprint density at radius 1 is 0.933 bits per heavy atom. The fourth-order valence-electron chi connectivity index (χ4n) is 11.9. The van der Waals surface area contributed by atoms with Crippen LogP contribution in [-0.2, 0) is 9.47 Å². The summed E-state index contributed by atoms with van der Waals surface area (Å²) in [5.74, 6) is -0.186. The van der Waals surface area contributed by atoms with Crippen molar-refractivity contribution in [1.82, 2.24) is 0 Å². The zero-order chi connectivity index (χ0) is 33.5. The lowest BCUT2D eigenvalue weighted by molar-refractivity contribution is -0.346. The van der Waals surface area contributed by atoms with E-state index in [1.54, 1.807) is 0 Å². The number of fused-ring (bicyclic) bond motifs is 5. The van der Waals surface area contributed by atoms with Crippen molar-refractivity contribution in [3.05, 3.63) is 11.6 Å². The van der Waals surface area contributed by atoms with E-state index in [1.165, 1.54) is 5.57 Å². The van der Waals surface area contributed by atoms with Crippen molar-refractivity contribution in [3.8, 4) is 0 Å². The van der Waals surface area contributed by atoms with E-state index < -0.39 is 66.6 Å². The quantitative estimate of drug-likeness (QED) is 0.164. The van der Waals surface area contributed by atoms with Crippen molar-refractivity contribution >= 4 is 0 Å². The van der Waals surface area contributed by atoms with Crippen LogP contribution in [0.5, 0.6) is 0 Å². The summed E-state index contributed by atoms with van der Waals surface area (Å²) < 4.78 is 12.6. The van der Waals surface area contributed by atoms with Gasteiger partial charge in [0.1, 0.15) is 24.4 Å². The highest BCUT2D eigenvalue weighted by Crippen LogP contribution is 2.76. The van der Waals surface area contributed by atoms with E-state index in [9.17, 15) is 35.7 Å². The van der Waals surface area contributed by atoms with Gasteiger partial charge in [0.25, 0.3) is 0 Å². The molecule has 0 amide bonds. The molecule has 0 aromatic heterocycles. The minimum absolute atomic E-state index is 0.0548. The van der Waals surface area contributed by atoms with Gasteiger partial charge in [0.05, 0.1) is 30.5 Å². The molecule has 16 atom stereocenters. The first-order chi connectivity index (χ1) is 20.8. The largest absolute Gasteiger partial charge is 0.394 e. The summed E-state index contributed by atoms with van der Waals surface area (Å²) >= 11 is 0. The number of aliphatic hydroxyl groups excluding tert-OH is 6. The number of hydrogen-bond donors (Lipinski definition) is 7. The lowest BCUT2D eigenvalue weighted by atomic mass is 9.34. The van der Waals surface area contributed by atoms with E-state index in [2.05, 4.69) is 54.5 Å². The maximum absolute atomic E-state index is 12.1. The molecule has 45 heavy (non-hydrogen) atoms. The van der Waals surface area contributed by atoms with Crippen molar-refractivity contribution in [2.75, 3.05) is 6.61 Å². The van der Waals surface area contributed by atoms with Crippen LogP contribution < -0.4 is 0 Å². The molecule has 1 saturated heterocycles. The Hall–Kier alpha value is -0.620. The van der Waals surface area contributed by atoms with Gasteiger partial charge in [-0.15, -0.1) is 0 Å². The average Bonchev–Trinajstić information content (AvgIpc) is 3.33. The van der Waals surface area contributed by atoms with E-state index in [1.807, 2.05) is 6.92 Å². The molecule has 9 nitrogen and oxygen atoms in total. The minimum Gasteiger partial charge on any atom is -0.394 e. The second-order valence-corrected chi connectivity index (χ2v) is 17.5. The van der Waals surface area contributed by atoms with Gasteiger partial charge in [-0.1, -0.05) is 46.3 Å². The topological polar surface area (TPSA) is 160 Å². The van der Waals surface area contributed by atoms with Gasteiger partial charge in [0, 0.05) is 0 Å². The molecular formula is C36H62O9. The summed E-state index contributed by atoms with van der Waals surface area (Å²) in [5.41, 5.74) is -1.21. The van der Waals surface area contributed by atoms with Crippen LogP contribution in [0.1, 0.15) is 107 Å². The van der Waals surface area contributed by atoms with E-state index in [4.69, 9.17) is 9.47 Å². The molecule has 1 aliphatic heterocycles. The van der Waals surface area contributed by atoms with Gasteiger partial charge in [0.2, 0.25) is 0 Å². The number of rotatable bonds is 7. The third-order valence-corrected chi connectivity index (χ3v) is 14.4. The number of allylic oxidation sites excluding steroid dienone is 2. The van der Waals surface area contributed by atoms with Gasteiger partial charge < -0.3 is 45.2 Å². The van der Waals surface area contributed by atoms with E-state index in [0.29, 0.717) is 25.7 Å². The Labute approximate surface area is 270 Å². The van der Waals surface area contributed by atoms with Crippen LogP contribution in [0.15, 0.2) is 11.6 Å². The van der Waals surface area contributed by atoms with Crippen LogP contribution in [0.3, 0.4) is 0 Å². The highest BCUT2D eigenvalue weighted by Gasteiger charge is 2.73. The second kappa shape index (κ2) is 12.1. The molecule has 0 aromatic carbocycles. The summed E-state index contributed by atoms with van der Waals surface area (Å²) in [6, 6.07) is 0. The fraction of sp³-hybridized carbons (Fsp3) is 0.944. The molecule has 0 spiro atoms. The van der Waals surface area contributed by atoms with Crippen molar-refractivity contribution < 1.29 is 45.2 Å². The molecule has 5 fully saturated rings. The summed E-state index contributed by atoms with van der Waals surface area (Å²) in [4.78, 5) is 0. The monoisotopic (exact) mass is 638 g/mol. The predicted octanol–water partition coefficient (Wildman–Crippen LogP) is 3.30. The average molecular weight is 639 g/mol. The molecular weight excluding hydrogens is 576 g/mol. The molecule has 9 heteroatoms. The standard InChI is InChI=1S/C36H62O9/c1-19(2)10-9-13-36(8,43)20-11-15-34(6)26(20)21(38)16-24-33(5)14-12-25(39)32(3,4)30(33)22(17-35(24,34)7)44-31-29(42)28(41)27(40)23(18-37)45-31/h10,20-31,37-43H,9,11-18H2,1-8H3/t20-,21+,22-,23+,24+,25-,26-,27+,28-,29+,30-,31+,33+,34+,35+,36+/m0/s1. The highest BCUT2D eigenvalue weighted by molar-refractivity contribution is 5.22. The Morgan fingerprint density at radius 3 is 2.22 bits per heavy atom. The number of aliphatic hydroxyl groups is 7. The van der Waals surface area contributed by atoms with E-state index in [-0.39, 0.29) is 39.9 Å². The Kier molecular flexibility index (Phi) is 9.56. The van der Waals surface area contributed by atoms with Crippen molar-refractivity contribution in [2.45, 2.75) is 161 Å². The third kappa shape index (κ3) is 5.48. The van der Waals surface area contributed by atoms with Crippen LogP contribution >= 0.6 is 0 Å². The molecule has 7 N–H and O–H groups in total. The lowest BCUT2D eigenvalue weighted by Crippen LogP contribution is -2.71. The van der Waals surface area contributed by atoms with Gasteiger partial charge in [-0.25, -0.2) is 0 Å². The first kappa shape index (κ1) is 35.7. The molecule has 1 heterocycles. The molecule has 5 aliphatic rings. The first-order valence-electron chi connectivity index (χ1n) is 17.4. The van der Waals surface area contributed by atoms with Crippen molar-refractivity contribution in [3.63, 3.8) is 0 Å². The SMILES string of the molecule is CC(C)=CCC[C@@](C)(O)[C@H]1CC[C@]2(C)[C@@H]1[C@H](O)C[C@@H]1[C@@]3(C)CC[C@H](O)C(C)(C)[C@@H]3[C@@H](O[C@@H]3O[C@H](CO)[C@@H](O)[C@H](O)[C@H]3O)C[C@]12C. The van der Waals surface area contributed by atoms with Gasteiger partial charge in [0.15, 0.2) is 6.29 Å². The zero-order valence-electron chi connectivity index (χ0n) is 28.8. The lowest BCUT2D eigenvalue weighted by Gasteiger charge is -2.72. The summed E-state index contributed by atoms with van der Waals surface area (Å²) in [6.07, 6.45) is -0.603. The Bertz CT molecular complexity index is 1100. The van der Waals surface area contributed by atoms with Gasteiger partial charge in [-0.05, 0) is 117 Å². The van der Waals surface area contributed by atoms with Crippen molar-refractivity contribution in [2.24, 2.45) is 45.3 Å². The number of ether oxygens (including phenoxy) is 2. The predicted molar refractivity (Wildman–Crippen MR) is 170 cm³/mol. The van der Waals surface area contributed by atoms with Crippen LogP contribution in [0, 0.1) is 45.3 Å². The maximum atomic E-state index is 12.1. The van der Waals surface area contributed by atoms with Crippen LogP contribution in [0.25, 0.3) is 0 Å². The summed E-state index contributed by atoms with van der Waals surface area (Å²) in [5, 5.41) is 77.2. The molecule has 4 aliphatic carbocycles. The van der Waals surface area contributed by atoms with E-state index in [0.717, 1.165) is 25.7 Å². The molecule has 5 rings (SSSR count).